The van der Waals surface area contributed by atoms with E-state index in [2.05, 4.69) is 35.6 Å². The Labute approximate surface area is 227 Å². The van der Waals surface area contributed by atoms with E-state index in [9.17, 15) is 15.3 Å². The zero-order chi connectivity index (χ0) is 27.0. The molecule has 1 atom stereocenters. The van der Waals surface area contributed by atoms with Crippen LogP contribution in [0.5, 0.6) is 17.5 Å². The highest BCUT2D eigenvalue weighted by Gasteiger charge is 2.25. The third-order valence-electron chi connectivity index (χ3n) is 7.02. The molecular formula is C29H36N4O4S. The third-order valence-corrected chi connectivity index (χ3v) is 7.97. The largest absolute Gasteiger partial charge is 0.494 e. The molecule has 1 unspecified atom stereocenters. The summed E-state index contributed by atoms with van der Waals surface area (Å²) >= 11 is 1.65. The number of aliphatic hydroxyl groups excluding tert-OH is 1. The van der Waals surface area contributed by atoms with Crippen LogP contribution in [-0.4, -0.2) is 75.2 Å². The van der Waals surface area contributed by atoms with E-state index in [-0.39, 0.29) is 23.8 Å². The van der Waals surface area contributed by atoms with Gasteiger partial charge < -0.3 is 25.0 Å². The molecule has 3 N–H and O–H groups in total. The van der Waals surface area contributed by atoms with Gasteiger partial charge >= 0.3 is 0 Å². The quantitative estimate of drug-likeness (QED) is 0.316. The van der Waals surface area contributed by atoms with Gasteiger partial charge in [0.05, 0.1) is 20.9 Å². The Morgan fingerprint density at radius 1 is 1.00 bits per heavy atom. The zero-order valence-electron chi connectivity index (χ0n) is 22.4. The number of thiazole rings is 1. The Bertz CT molecular complexity index is 1400. The lowest BCUT2D eigenvalue weighted by Gasteiger charge is -2.36. The van der Waals surface area contributed by atoms with Crippen LogP contribution in [-0.2, 0) is 5.41 Å². The second-order valence-electron chi connectivity index (χ2n) is 11.0. The minimum absolute atomic E-state index is 0.00186. The van der Waals surface area contributed by atoms with Gasteiger partial charge in [0, 0.05) is 44.9 Å². The van der Waals surface area contributed by atoms with Crippen LogP contribution in [0.25, 0.3) is 15.9 Å². The van der Waals surface area contributed by atoms with Crippen LogP contribution in [0.2, 0.25) is 0 Å². The first kappa shape index (κ1) is 26.3. The molecule has 0 saturated carbocycles. The van der Waals surface area contributed by atoms with Crippen LogP contribution in [0, 0.1) is 6.92 Å². The Kier molecular flexibility index (Phi) is 7.26. The zero-order valence-corrected chi connectivity index (χ0v) is 23.2. The smallest absolute Gasteiger partial charge is 0.223 e. The number of benzene rings is 2. The Morgan fingerprint density at radius 3 is 2.39 bits per heavy atom. The van der Waals surface area contributed by atoms with Crippen molar-refractivity contribution in [1.82, 2.24) is 14.5 Å². The van der Waals surface area contributed by atoms with Crippen molar-refractivity contribution in [3.05, 3.63) is 59.1 Å². The predicted octanol–water partition coefficient (Wildman–Crippen LogP) is 4.67. The van der Waals surface area contributed by atoms with Crippen LogP contribution in [0.4, 0.5) is 5.69 Å². The normalized spacial score (nSPS) is 15.8. The molecule has 9 heteroatoms. The maximum absolute atomic E-state index is 11.0. The molecule has 3 heterocycles. The topological polar surface area (TPSA) is 94.2 Å². The summed E-state index contributed by atoms with van der Waals surface area (Å²) in [6.45, 7) is 12.0. The van der Waals surface area contributed by atoms with Gasteiger partial charge in [0.15, 0.2) is 0 Å². The van der Waals surface area contributed by atoms with Crippen LogP contribution in [0.1, 0.15) is 31.3 Å². The molecule has 1 fully saturated rings. The number of fused-ring (bicyclic) bond motifs is 1. The minimum Gasteiger partial charge on any atom is -0.494 e. The van der Waals surface area contributed by atoms with Crippen molar-refractivity contribution in [1.29, 1.82) is 0 Å². The molecule has 1 aliphatic rings. The molecule has 1 saturated heterocycles. The Hall–Kier alpha value is -3.27. The van der Waals surface area contributed by atoms with E-state index in [1.165, 1.54) is 10.1 Å². The molecule has 202 valence electrons. The summed E-state index contributed by atoms with van der Waals surface area (Å²) in [5.41, 5.74) is 3.45. The highest BCUT2D eigenvalue weighted by Crippen LogP contribution is 2.38. The monoisotopic (exact) mass is 536 g/mol. The number of hydrogen-bond donors (Lipinski definition) is 3. The molecule has 0 bridgehead atoms. The fourth-order valence-corrected chi connectivity index (χ4v) is 5.71. The van der Waals surface area contributed by atoms with E-state index in [0.29, 0.717) is 36.8 Å². The van der Waals surface area contributed by atoms with Crippen molar-refractivity contribution in [2.45, 2.75) is 39.2 Å². The SMILES string of the molecule is Cc1nc2cc(OCC(O)CN3CCN(c4cc(O)n(-c5ccc(C(C)(C)C)cc5)c4O)CC3)ccc2s1. The van der Waals surface area contributed by atoms with E-state index in [4.69, 9.17) is 4.74 Å². The van der Waals surface area contributed by atoms with E-state index >= 15 is 0 Å². The van der Waals surface area contributed by atoms with Gasteiger partial charge in [0.25, 0.3) is 0 Å². The van der Waals surface area contributed by atoms with Gasteiger partial charge in [-0.15, -0.1) is 11.3 Å². The average molecular weight is 537 g/mol. The number of hydrogen-bond acceptors (Lipinski definition) is 8. The van der Waals surface area contributed by atoms with E-state index in [1.54, 1.807) is 17.4 Å². The van der Waals surface area contributed by atoms with Gasteiger partial charge in [-0.3, -0.25) is 4.90 Å². The van der Waals surface area contributed by atoms with Gasteiger partial charge in [0.2, 0.25) is 11.8 Å². The molecule has 2 aromatic carbocycles. The van der Waals surface area contributed by atoms with Crippen LogP contribution >= 0.6 is 11.3 Å². The molecular weight excluding hydrogens is 500 g/mol. The number of ether oxygens (including phenoxy) is 1. The average Bonchev–Trinajstić information content (AvgIpc) is 3.40. The first-order chi connectivity index (χ1) is 18.1. The lowest BCUT2D eigenvalue weighted by Crippen LogP contribution is -2.49. The standard InChI is InChI=1S/C29H36N4O4S/c1-19-30-24-15-23(9-10-26(24)38-19)37-18-22(34)17-31-11-13-32(14-12-31)25-16-27(35)33(28(25)36)21-7-5-20(6-8-21)29(2,3)4/h5-10,15-16,22,34-36H,11-14,17-18H2,1-4H3. The number of aryl methyl sites for hydroxylation is 1. The fraction of sp³-hybridized carbons (Fsp3) is 0.414. The number of piperazine rings is 1. The number of β-amino-alcohol motifs (C(OH)–C–C–N with tert-alkyl or cyclic N) is 1. The molecule has 4 aromatic rings. The van der Waals surface area contributed by atoms with Gasteiger partial charge in [-0.2, -0.15) is 0 Å². The van der Waals surface area contributed by atoms with Crippen molar-refractivity contribution in [3.8, 4) is 23.2 Å². The molecule has 0 spiro atoms. The minimum atomic E-state index is -0.621. The third kappa shape index (κ3) is 5.60. The maximum atomic E-state index is 11.0. The van der Waals surface area contributed by atoms with Gasteiger partial charge in [-0.05, 0) is 42.2 Å². The summed E-state index contributed by atoms with van der Waals surface area (Å²) in [6, 6.07) is 15.3. The van der Waals surface area contributed by atoms with E-state index < -0.39 is 6.10 Å². The molecule has 0 amide bonds. The summed E-state index contributed by atoms with van der Waals surface area (Å²) in [5.74, 6) is 0.738. The van der Waals surface area contributed by atoms with Crippen molar-refractivity contribution >= 4 is 27.2 Å². The summed E-state index contributed by atoms with van der Waals surface area (Å²) < 4.78 is 8.43. The molecule has 0 radical (unpaired) electrons. The van der Waals surface area contributed by atoms with Gasteiger partial charge in [0.1, 0.15) is 24.1 Å². The number of rotatable bonds is 7. The summed E-state index contributed by atoms with van der Waals surface area (Å²) in [7, 11) is 0. The number of nitrogens with zero attached hydrogens (tertiary/aromatic N) is 4. The first-order valence-corrected chi connectivity index (χ1v) is 13.8. The highest BCUT2D eigenvalue weighted by atomic mass is 32.1. The number of anilines is 1. The van der Waals surface area contributed by atoms with Gasteiger partial charge in [-0.1, -0.05) is 32.9 Å². The van der Waals surface area contributed by atoms with Crippen molar-refractivity contribution < 1.29 is 20.1 Å². The second kappa shape index (κ2) is 10.5. The summed E-state index contributed by atoms with van der Waals surface area (Å²) in [6.07, 6.45) is -0.621. The molecule has 1 aliphatic heterocycles. The Morgan fingerprint density at radius 2 is 1.71 bits per heavy atom. The van der Waals surface area contributed by atoms with Crippen LogP contribution in [0.15, 0.2) is 48.5 Å². The predicted molar refractivity (Wildman–Crippen MR) is 152 cm³/mol. The lowest BCUT2D eigenvalue weighted by molar-refractivity contribution is 0.0663. The number of aliphatic hydroxyl groups is 1. The second-order valence-corrected chi connectivity index (χ2v) is 12.2. The van der Waals surface area contributed by atoms with Crippen molar-refractivity contribution in [2.75, 3.05) is 44.2 Å². The number of aromatic hydroxyl groups is 2. The molecule has 5 rings (SSSR count). The van der Waals surface area contributed by atoms with E-state index in [0.717, 1.165) is 28.3 Å². The fourth-order valence-electron chi connectivity index (χ4n) is 4.90. The number of aromatic nitrogens is 2. The van der Waals surface area contributed by atoms with Crippen molar-refractivity contribution in [2.24, 2.45) is 0 Å². The summed E-state index contributed by atoms with van der Waals surface area (Å²) in [4.78, 5) is 8.76. The maximum Gasteiger partial charge on any atom is 0.223 e. The van der Waals surface area contributed by atoms with Crippen LogP contribution in [0.3, 0.4) is 0 Å². The highest BCUT2D eigenvalue weighted by molar-refractivity contribution is 7.18. The molecule has 38 heavy (non-hydrogen) atoms. The molecule has 2 aromatic heterocycles. The van der Waals surface area contributed by atoms with E-state index in [1.807, 2.05) is 49.4 Å². The van der Waals surface area contributed by atoms with Crippen molar-refractivity contribution in [3.63, 3.8) is 0 Å². The van der Waals surface area contributed by atoms with Crippen LogP contribution < -0.4 is 9.64 Å². The molecule has 0 aliphatic carbocycles. The van der Waals surface area contributed by atoms with Gasteiger partial charge in [-0.25, -0.2) is 9.55 Å². The first-order valence-electron chi connectivity index (χ1n) is 13.0. The Balaban J connectivity index is 1.15. The summed E-state index contributed by atoms with van der Waals surface area (Å²) in [5, 5.41) is 33.2. The lowest BCUT2D eigenvalue weighted by atomic mass is 9.87. The molecule has 8 nitrogen and oxygen atoms in total.